The van der Waals surface area contributed by atoms with Gasteiger partial charge in [-0.1, -0.05) is 41.4 Å². The Hall–Kier alpha value is -1.18. The highest BCUT2D eigenvalue weighted by Gasteiger charge is 2.43. The van der Waals surface area contributed by atoms with Crippen LogP contribution in [0.3, 0.4) is 0 Å². The molecular weight excluding hydrogens is 367 g/mol. The summed E-state index contributed by atoms with van der Waals surface area (Å²) in [6, 6.07) is 12.3. The lowest BCUT2D eigenvalue weighted by Gasteiger charge is -2.40. The average Bonchev–Trinajstić information content (AvgIpc) is 2.59. The van der Waals surface area contributed by atoms with Crippen LogP contribution in [0.15, 0.2) is 42.5 Å². The summed E-state index contributed by atoms with van der Waals surface area (Å²) in [4.78, 5) is 0. The van der Waals surface area contributed by atoms with E-state index in [0.29, 0.717) is 15.6 Å². The molecule has 0 saturated carbocycles. The quantitative estimate of drug-likeness (QED) is 0.650. The molecule has 0 amide bonds. The van der Waals surface area contributed by atoms with Gasteiger partial charge in [-0.15, -0.1) is 0 Å². The second-order valence-electron chi connectivity index (χ2n) is 6.03. The van der Waals surface area contributed by atoms with Crippen molar-refractivity contribution in [1.82, 2.24) is 0 Å². The number of ether oxygens (including phenoxy) is 1. The van der Waals surface area contributed by atoms with Crippen LogP contribution in [0.2, 0.25) is 10.0 Å². The third-order valence-corrected chi connectivity index (χ3v) is 4.74. The molecule has 0 spiro atoms. The minimum atomic E-state index is -1.42. The van der Waals surface area contributed by atoms with Crippen molar-refractivity contribution in [2.45, 2.75) is 30.5 Å². The number of aliphatic hydroxyl groups excluding tert-OH is 4. The summed E-state index contributed by atoms with van der Waals surface area (Å²) >= 11 is 12.1. The molecule has 1 heterocycles. The lowest BCUT2D eigenvalue weighted by molar-refractivity contribution is -0.231. The van der Waals surface area contributed by atoms with E-state index in [1.807, 2.05) is 6.07 Å². The standard InChI is InChI=1S/C18H18Cl2O5/c19-12-5-11(6-13(20)7-12)9-2-1-3-10(4-9)18-17(24)16(23)15(22)14(8-21)25-18/h1-7,14-18,21-24H,8H2/t14-,15-,16+,17+,18-/m1/s1. The maximum atomic E-state index is 10.3. The molecule has 134 valence electrons. The van der Waals surface area contributed by atoms with E-state index >= 15 is 0 Å². The summed E-state index contributed by atoms with van der Waals surface area (Å²) in [5.41, 5.74) is 2.20. The first kappa shape index (κ1) is 18.6. The van der Waals surface area contributed by atoms with Gasteiger partial charge >= 0.3 is 0 Å². The van der Waals surface area contributed by atoms with Gasteiger partial charge in [0.25, 0.3) is 0 Å². The Bertz CT molecular complexity index is 732. The van der Waals surface area contributed by atoms with Gasteiger partial charge in [-0.3, -0.25) is 0 Å². The van der Waals surface area contributed by atoms with Gasteiger partial charge in [0.05, 0.1) is 6.61 Å². The van der Waals surface area contributed by atoms with Gasteiger partial charge in [0.15, 0.2) is 0 Å². The molecule has 0 unspecified atom stereocenters. The Morgan fingerprint density at radius 1 is 0.840 bits per heavy atom. The van der Waals surface area contributed by atoms with E-state index in [1.54, 1.807) is 36.4 Å². The highest BCUT2D eigenvalue weighted by Crippen LogP contribution is 2.35. The number of halogens is 2. The van der Waals surface area contributed by atoms with Crippen LogP contribution in [0, 0.1) is 0 Å². The molecule has 25 heavy (non-hydrogen) atoms. The van der Waals surface area contributed by atoms with Crippen LogP contribution in [0.25, 0.3) is 11.1 Å². The largest absolute Gasteiger partial charge is 0.394 e. The van der Waals surface area contributed by atoms with E-state index in [1.165, 1.54) is 0 Å². The summed E-state index contributed by atoms with van der Waals surface area (Å²) in [6.45, 7) is -0.467. The lowest BCUT2D eigenvalue weighted by atomic mass is 9.90. The molecule has 0 aliphatic carbocycles. The highest BCUT2D eigenvalue weighted by atomic mass is 35.5. The van der Waals surface area contributed by atoms with Crippen LogP contribution in [0.4, 0.5) is 0 Å². The molecule has 5 nitrogen and oxygen atoms in total. The molecule has 0 bridgehead atoms. The minimum absolute atomic E-state index is 0.467. The number of aliphatic hydroxyl groups is 4. The Kier molecular flexibility index (Phi) is 5.65. The SMILES string of the molecule is OC[C@H]1O[C@H](c2cccc(-c3cc(Cl)cc(Cl)c3)c2)[C@@H](O)[C@@H](O)[C@@H]1O. The van der Waals surface area contributed by atoms with E-state index in [9.17, 15) is 20.4 Å². The van der Waals surface area contributed by atoms with E-state index in [4.69, 9.17) is 27.9 Å². The monoisotopic (exact) mass is 384 g/mol. The fraction of sp³-hybridized carbons (Fsp3) is 0.333. The third kappa shape index (κ3) is 3.83. The predicted octanol–water partition coefficient (Wildman–Crippen LogP) is 2.18. The minimum Gasteiger partial charge on any atom is -0.394 e. The topological polar surface area (TPSA) is 90.2 Å². The van der Waals surface area contributed by atoms with Crippen LogP contribution in [-0.2, 0) is 4.74 Å². The molecule has 2 aromatic carbocycles. The van der Waals surface area contributed by atoms with E-state index in [-0.39, 0.29) is 0 Å². The third-order valence-electron chi connectivity index (χ3n) is 4.30. The van der Waals surface area contributed by atoms with Crippen molar-refractivity contribution in [3.05, 3.63) is 58.1 Å². The maximum Gasteiger partial charge on any atom is 0.113 e. The fourth-order valence-corrected chi connectivity index (χ4v) is 3.52. The van der Waals surface area contributed by atoms with Crippen LogP contribution >= 0.6 is 23.2 Å². The van der Waals surface area contributed by atoms with Crippen molar-refractivity contribution < 1.29 is 25.2 Å². The molecular formula is C18H18Cl2O5. The fourth-order valence-electron chi connectivity index (χ4n) is 2.99. The van der Waals surface area contributed by atoms with Crippen LogP contribution in [-0.4, -0.2) is 51.4 Å². The molecule has 5 atom stereocenters. The molecule has 2 aromatic rings. The molecule has 3 rings (SSSR count). The smallest absolute Gasteiger partial charge is 0.113 e. The molecule has 7 heteroatoms. The van der Waals surface area contributed by atoms with Gasteiger partial charge in [-0.2, -0.15) is 0 Å². The van der Waals surface area contributed by atoms with Crippen molar-refractivity contribution >= 4 is 23.2 Å². The molecule has 1 aliphatic rings. The first-order chi connectivity index (χ1) is 11.9. The first-order valence-corrected chi connectivity index (χ1v) is 8.53. The molecule has 0 aromatic heterocycles. The summed E-state index contributed by atoms with van der Waals surface area (Å²) < 4.78 is 5.59. The predicted molar refractivity (Wildman–Crippen MR) is 94.6 cm³/mol. The van der Waals surface area contributed by atoms with Crippen molar-refractivity contribution in [3.63, 3.8) is 0 Å². The van der Waals surface area contributed by atoms with E-state index < -0.39 is 37.1 Å². The van der Waals surface area contributed by atoms with Gasteiger partial charge in [-0.25, -0.2) is 0 Å². The van der Waals surface area contributed by atoms with Gasteiger partial charge in [0.2, 0.25) is 0 Å². The van der Waals surface area contributed by atoms with Crippen molar-refractivity contribution in [1.29, 1.82) is 0 Å². The first-order valence-electron chi connectivity index (χ1n) is 7.77. The van der Waals surface area contributed by atoms with E-state index in [0.717, 1.165) is 11.1 Å². The summed E-state index contributed by atoms with van der Waals surface area (Å²) in [6.07, 6.45) is -5.96. The van der Waals surface area contributed by atoms with Crippen molar-refractivity contribution in [2.24, 2.45) is 0 Å². The van der Waals surface area contributed by atoms with E-state index in [2.05, 4.69) is 0 Å². The Morgan fingerprint density at radius 2 is 1.52 bits per heavy atom. The second-order valence-corrected chi connectivity index (χ2v) is 6.91. The van der Waals surface area contributed by atoms with Crippen molar-refractivity contribution in [3.8, 4) is 11.1 Å². The zero-order chi connectivity index (χ0) is 18.1. The molecule has 1 saturated heterocycles. The van der Waals surface area contributed by atoms with Gasteiger partial charge in [0, 0.05) is 10.0 Å². The Morgan fingerprint density at radius 3 is 2.16 bits per heavy atom. The zero-order valence-corrected chi connectivity index (χ0v) is 14.6. The zero-order valence-electron chi connectivity index (χ0n) is 13.1. The Labute approximate surface area is 155 Å². The van der Waals surface area contributed by atoms with Gasteiger partial charge < -0.3 is 25.2 Å². The number of benzene rings is 2. The normalized spacial score (nSPS) is 29.6. The average molecular weight is 385 g/mol. The van der Waals surface area contributed by atoms with Crippen LogP contribution < -0.4 is 0 Å². The van der Waals surface area contributed by atoms with Crippen LogP contribution in [0.5, 0.6) is 0 Å². The van der Waals surface area contributed by atoms with Crippen molar-refractivity contribution in [2.75, 3.05) is 6.61 Å². The van der Waals surface area contributed by atoms with Crippen LogP contribution in [0.1, 0.15) is 11.7 Å². The molecule has 4 N–H and O–H groups in total. The van der Waals surface area contributed by atoms with Gasteiger partial charge in [-0.05, 0) is 41.0 Å². The van der Waals surface area contributed by atoms with Gasteiger partial charge in [0.1, 0.15) is 30.5 Å². The summed E-state index contributed by atoms with van der Waals surface area (Å²) in [5.74, 6) is 0. The number of hydrogen-bond acceptors (Lipinski definition) is 5. The molecule has 1 fully saturated rings. The second kappa shape index (κ2) is 7.60. The molecule has 1 aliphatic heterocycles. The highest BCUT2D eigenvalue weighted by molar-refractivity contribution is 6.35. The maximum absolute atomic E-state index is 10.3. The summed E-state index contributed by atoms with van der Waals surface area (Å²) in [7, 11) is 0. The summed E-state index contributed by atoms with van der Waals surface area (Å²) in [5, 5.41) is 40.4. The lowest BCUT2D eigenvalue weighted by Crippen LogP contribution is -2.55. The Balaban J connectivity index is 1.95. The number of hydrogen-bond donors (Lipinski definition) is 4. The molecule has 0 radical (unpaired) electrons. The number of rotatable bonds is 3.